The average Bonchev–Trinajstić information content (AvgIpc) is 2.14. The molecule has 1 aromatic rings. The zero-order valence-corrected chi connectivity index (χ0v) is 9.13. The van der Waals surface area contributed by atoms with Gasteiger partial charge in [-0.15, -0.1) is 0 Å². The average molecular weight is 270 g/mol. The molecule has 0 spiro atoms. The minimum absolute atomic E-state index is 0. The molecule has 4 heteroatoms. The molecule has 0 amide bonds. The van der Waals surface area contributed by atoms with Crippen LogP contribution >= 0.6 is 15.9 Å². The second-order valence-corrected chi connectivity index (χ2v) is 3.43. The highest BCUT2D eigenvalue weighted by Gasteiger charge is 2.03. The summed E-state index contributed by atoms with van der Waals surface area (Å²) in [6.45, 7) is 2.08. The minimum Gasteiger partial charge on any atom is -1.00 e. The van der Waals surface area contributed by atoms with Crippen LogP contribution in [-0.2, 0) is 7.05 Å². The first kappa shape index (κ1) is 10.2. The van der Waals surface area contributed by atoms with Crippen LogP contribution in [0.25, 0.3) is 0 Å². The van der Waals surface area contributed by atoms with E-state index in [0.717, 1.165) is 0 Å². The van der Waals surface area contributed by atoms with Gasteiger partial charge in [-0.3, -0.25) is 0 Å². The van der Waals surface area contributed by atoms with Gasteiger partial charge in [0.15, 0.2) is 4.95 Å². The molecule has 1 unspecified atom stereocenters. The Balaban J connectivity index is 0.000000810. The maximum absolute atomic E-state index is 3.45. The predicted molar refractivity (Wildman–Crippen MR) is 39.2 cm³/mol. The Kier molecular flexibility index (Phi) is 4.20. The molecule has 0 saturated carbocycles. The summed E-state index contributed by atoms with van der Waals surface area (Å²) in [4.78, 5) is 0.388. The van der Waals surface area contributed by atoms with Crippen molar-refractivity contribution in [2.75, 3.05) is 0 Å². The van der Waals surface area contributed by atoms with E-state index < -0.39 is 0 Å². The van der Waals surface area contributed by atoms with Gasteiger partial charge in [0.1, 0.15) is 12.4 Å². The van der Waals surface area contributed by atoms with Gasteiger partial charge < -0.3 is 17.0 Å². The molecule has 0 aliphatic rings. The molecule has 0 radical (unpaired) electrons. The number of nitrogens with zero attached hydrogens (tertiary/aromatic N) is 2. The van der Waals surface area contributed by atoms with Crippen LogP contribution in [0.3, 0.4) is 0 Å². The van der Waals surface area contributed by atoms with Crippen LogP contribution in [0, 0.1) is 0 Å². The smallest absolute Gasteiger partial charge is 0.244 e. The number of imidazole rings is 1. The van der Waals surface area contributed by atoms with Crippen LogP contribution in [0.2, 0.25) is 0 Å². The molecule has 1 heterocycles. The lowest BCUT2D eigenvalue weighted by Gasteiger charge is -1.93. The zero-order valence-electron chi connectivity index (χ0n) is 5.96. The van der Waals surface area contributed by atoms with Crippen LogP contribution < -0.4 is 21.5 Å². The van der Waals surface area contributed by atoms with E-state index in [4.69, 9.17) is 0 Å². The summed E-state index contributed by atoms with van der Waals surface area (Å²) in [5.41, 5.74) is 0. The first-order valence-corrected chi connectivity index (χ1v) is 3.78. The van der Waals surface area contributed by atoms with E-state index in [1.165, 1.54) is 0 Å². The standard InChI is InChI=1S/C6H10BrN2.BrH/c1-6(7)9-4-3-8(2)5-9;/h3-6H,1-2H3;1H/q+1;/p-1. The third kappa shape index (κ3) is 2.42. The second-order valence-electron chi connectivity index (χ2n) is 2.10. The Hall–Kier alpha value is 0.170. The first-order chi connectivity index (χ1) is 4.20. The molecule has 0 fully saturated rings. The molecule has 58 valence electrons. The normalized spacial score (nSPS) is 12.3. The number of hydrogen-bond donors (Lipinski definition) is 0. The van der Waals surface area contributed by atoms with Crippen molar-refractivity contribution in [2.24, 2.45) is 7.05 Å². The van der Waals surface area contributed by atoms with E-state index >= 15 is 0 Å². The Bertz CT molecular complexity index is 195. The summed E-state index contributed by atoms with van der Waals surface area (Å²) < 4.78 is 4.10. The monoisotopic (exact) mass is 268 g/mol. The summed E-state index contributed by atoms with van der Waals surface area (Å²) in [5, 5.41) is 0. The largest absolute Gasteiger partial charge is 1.00 e. The van der Waals surface area contributed by atoms with Crippen molar-refractivity contribution in [3.05, 3.63) is 18.7 Å². The van der Waals surface area contributed by atoms with E-state index in [9.17, 15) is 0 Å². The summed E-state index contributed by atoms with van der Waals surface area (Å²) in [7, 11) is 2.01. The first-order valence-electron chi connectivity index (χ1n) is 2.87. The summed E-state index contributed by atoms with van der Waals surface area (Å²) in [6.07, 6.45) is 6.07. The molecule has 0 saturated heterocycles. The summed E-state index contributed by atoms with van der Waals surface area (Å²) in [5.74, 6) is 0. The number of halogens is 2. The van der Waals surface area contributed by atoms with Crippen LogP contribution in [0.15, 0.2) is 18.7 Å². The van der Waals surface area contributed by atoms with Gasteiger partial charge in [-0.05, 0) is 22.9 Å². The Morgan fingerprint density at radius 1 is 1.60 bits per heavy atom. The predicted octanol–water partition coefficient (Wildman–Crippen LogP) is -1.77. The third-order valence-corrected chi connectivity index (χ3v) is 1.67. The number of aromatic nitrogens is 2. The summed E-state index contributed by atoms with van der Waals surface area (Å²) in [6, 6.07) is 0. The fourth-order valence-corrected chi connectivity index (χ4v) is 0.922. The molecule has 2 nitrogen and oxygen atoms in total. The molecule has 0 aliphatic carbocycles. The third-order valence-electron chi connectivity index (χ3n) is 1.20. The van der Waals surface area contributed by atoms with Crippen LogP contribution in [0.4, 0.5) is 0 Å². The van der Waals surface area contributed by atoms with Crippen molar-refractivity contribution in [1.29, 1.82) is 0 Å². The van der Waals surface area contributed by atoms with Gasteiger partial charge in [-0.1, -0.05) is 0 Å². The number of alkyl halides is 1. The van der Waals surface area contributed by atoms with E-state index in [1.54, 1.807) is 0 Å². The molecular weight excluding hydrogens is 260 g/mol. The van der Waals surface area contributed by atoms with E-state index in [1.807, 2.05) is 30.3 Å². The van der Waals surface area contributed by atoms with Crippen LogP contribution in [0.5, 0.6) is 0 Å². The molecule has 0 aliphatic heterocycles. The lowest BCUT2D eigenvalue weighted by Crippen LogP contribution is -3.00. The lowest BCUT2D eigenvalue weighted by atomic mass is 10.7. The Morgan fingerprint density at radius 2 is 2.20 bits per heavy atom. The lowest BCUT2D eigenvalue weighted by molar-refractivity contribution is -0.671. The van der Waals surface area contributed by atoms with Crippen LogP contribution in [0.1, 0.15) is 11.9 Å². The van der Waals surface area contributed by atoms with Crippen molar-refractivity contribution >= 4 is 15.9 Å². The van der Waals surface area contributed by atoms with Crippen molar-refractivity contribution < 1.29 is 21.5 Å². The topological polar surface area (TPSA) is 8.81 Å². The van der Waals surface area contributed by atoms with E-state index in [0.29, 0.717) is 4.95 Å². The molecule has 1 aromatic heterocycles. The zero-order chi connectivity index (χ0) is 6.85. The quantitative estimate of drug-likeness (QED) is 0.422. The maximum Gasteiger partial charge on any atom is 0.244 e. The fraction of sp³-hybridized carbons (Fsp3) is 0.500. The van der Waals surface area contributed by atoms with Gasteiger partial charge in [-0.2, -0.15) is 0 Å². The minimum atomic E-state index is 0. The number of rotatable bonds is 1. The molecule has 0 bridgehead atoms. The van der Waals surface area contributed by atoms with E-state index in [-0.39, 0.29) is 17.0 Å². The molecule has 0 N–H and O–H groups in total. The van der Waals surface area contributed by atoms with Gasteiger partial charge in [0.25, 0.3) is 0 Å². The molecule has 0 aromatic carbocycles. The molecule has 1 atom stereocenters. The SMILES string of the molecule is CC(Br)n1cc[n+](C)c1.[Br-]. The van der Waals surface area contributed by atoms with Crippen molar-refractivity contribution in [3.63, 3.8) is 0 Å². The van der Waals surface area contributed by atoms with Crippen molar-refractivity contribution in [3.8, 4) is 0 Å². The molecular formula is C6H10Br2N2. The van der Waals surface area contributed by atoms with Crippen molar-refractivity contribution in [2.45, 2.75) is 11.9 Å². The van der Waals surface area contributed by atoms with Gasteiger partial charge in [0.2, 0.25) is 6.33 Å². The van der Waals surface area contributed by atoms with Crippen LogP contribution in [-0.4, -0.2) is 4.57 Å². The Morgan fingerprint density at radius 3 is 2.40 bits per heavy atom. The number of hydrogen-bond acceptors (Lipinski definition) is 0. The van der Waals surface area contributed by atoms with Gasteiger partial charge in [-0.25, -0.2) is 9.13 Å². The van der Waals surface area contributed by atoms with Gasteiger partial charge in [0.05, 0.1) is 7.05 Å². The van der Waals surface area contributed by atoms with Gasteiger partial charge in [0, 0.05) is 0 Å². The van der Waals surface area contributed by atoms with E-state index in [2.05, 4.69) is 27.4 Å². The maximum atomic E-state index is 3.45. The Labute approximate surface area is 79.8 Å². The highest BCUT2D eigenvalue weighted by atomic mass is 79.9. The van der Waals surface area contributed by atoms with Crippen molar-refractivity contribution in [1.82, 2.24) is 4.57 Å². The summed E-state index contributed by atoms with van der Waals surface area (Å²) >= 11 is 3.45. The molecule has 1 rings (SSSR count). The number of aryl methyl sites for hydroxylation is 1. The highest BCUT2D eigenvalue weighted by molar-refractivity contribution is 9.09. The molecule has 10 heavy (non-hydrogen) atoms. The fourth-order valence-electron chi connectivity index (χ4n) is 0.680. The second kappa shape index (κ2) is 4.13. The van der Waals surface area contributed by atoms with Gasteiger partial charge >= 0.3 is 0 Å². The highest BCUT2D eigenvalue weighted by Crippen LogP contribution is 2.10.